The van der Waals surface area contributed by atoms with Crippen LogP contribution >= 0.6 is 0 Å². The van der Waals surface area contributed by atoms with E-state index in [1.165, 1.54) is 10.4 Å². The number of benzene rings is 1. The first-order chi connectivity index (χ1) is 9.89. The van der Waals surface area contributed by atoms with E-state index in [0.717, 1.165) is 12.1 Å². The van der Waals surface area contributed by atoms with Crippen molar-refractivity contribution in [1.82, 2.24) is 9.62 Å². The van der Waals surface area contributed by atoms with E-state index in [1.807, 2.05) is 6.92 Å². The van der Waals surface area contributed by atoms with Gasteiger partial charge in [0.1, 0.15) is 0 Å². The highest BCUT2D eigenvalue weighted by atomic mass is 32.2. The number of nitrogens with zero attached hydrogens (tertiary/aromatic N) is 2. The van der Waals surface area contributed by atoms with Crippen molar-refractivity contribution in [1.29, 1.82) is 0 Å². The number of hydrogen-bond donors (Lipinski definition) is 1. The van der Waals surface area contributed by atoms with Crippen molar-refractivity contribution in [2.75, 3.05) is 19.6 Å². The summed E-state index contributed by atoms with van der Waals surface area (Å²) in [6.45, 7) is 3.03. The van der Waals surface area contributed by atoms with Crippen molar-refractivity contribution in [2.45, 2.75) is 24.3 Å². The van der Waals surface area contributed by atoms with Crippen molar-refractivity contribution in [3.05, 3.63) is 34.1 Å². The lowest BCUT2D eigenvalue weighted by Crippen LogP contribution is -2.58. The molecule has 0 aromatic heterocycles. The maximum Gasteiger partial charge on any atom is 0.324 e. The summed E-state index contributed by atoms with van der Waals surface area (Å²) < 4.78 is 40.2. The predicted octanol–water partition coefficient (Wildman–Crippen LogP) is 1.11. The summed E-state index contributed by atoms with van der Waals surface area (Å²) in [7, 11) is -4.11. The summed E-state index contributed by atoms with van der Waals surface area (Å²) in [4.78, 5) is 9.41. The molecule has 1 saturated heterocycles. The fourth-order valence-corrected chi connectivity index (χ4v) is 4.09. The smallest absolute Gasteiger partial charge is 0.313 e. The van der Waals surface area contributed by atoms with Gasteiger partial charge < -0.3 is 5.32 Å². The van der Waals surface area contributed by atoms with Gasteiger partial charge in [-0.1, -0.05) is 13.0 Å². The molecule has 1 fully saturated rings. The van der Waals surface area contributed by atoms with Crippen LogP contribution in [0.1, 0.15) is 13.3 Å². The highest BCUT2D eigenvalue weighted by Gasteiger charge is 2.39. The van der Waals surface area contributed by atoms with Gasteiger partial charge in [0.2, 0.25) is 15.8 Å². The molecule has 1 heterocycles. The molecular formula is C12H16FN3O4S. The van der Waals surface area contributed by atoms with Gasteiger partial charge in [0.25, 0.3) is 0 Å². The summed E-state index contributed by atoms with van der Waals surface area (Å²) in [5, 5.41) is 14.0. The minimum atomic E-state index is -4.11. The topological polar surface area (TPSA) is 92.6 Å². The fourth-order valence-electron chi connectivity index (χ4n) is 2.20. The zero-order chi connectivity index (χ0) is 15.6. The third-order valence-electron chi connectivity index (χ3n) is 3.33. The lowest BCUT2D eigenvalue weighted by atomic mass is 10.2. The molecule has 1 aromatic rings. The summed E-state index contributed by atoms with van der Waals surface area (Å²) in [6.07, 6.45) is 0.568. The van der Waals surface area contributed by atoms with Crippen LogP contribution in [0.25, 0.3) is 0 Å². The minimum absolute atomic E-state index is 0.238. The second kappa shape index (κ2) is 6.04. The molecule has 21 heavy (non-hydrogen) atoms. The van der Waals surface area contributed by atoms with Crippen LogP contribution in [0.5, 0.6) is 0 Å². The van der Waals surface area contributed by atoms with Crippen molar-refractivity contribution in [2.24, 2.45) is 0 Å². The first-order valence-electron chi connectivity index (χ1n) is 6.55. The zero-order valence-electron chi connectivity index (χ0n) is 11.5. The van der Waals surface area contributed by atoms with E-state index in [4.69, 9.17) is 0 Å². The monoisotopic (exact) mass is 317 g/mol. The maximum absolute atomic E-state index is 13.6. The third kappa shape index (κ3) is 2.89. The highest BCUT2D eigenvalue weighted by Crippen LogP contribution is 2.30. The number of rotatable bonds is 6. The van der Waals surface area contributed by atoms with E-state index >= 15 is 0 Å². The largest absolute Gasteiger partial charge is 0.324 e. The van der Waals surface area contributed by atoms with Crippen molar-refractivity contribution in [3.63, 3.8) is 0 Å². The second-order valence-electron chi connectivity index (χ2n) is 4.77. The molecule has 0 spiro atoms. The quantitative estimate of drug-likeness (QED) is 0.626. The van der Waals surface area contributed by atoms with Gasteiger partial charge in [0, 0.05) is 19.6 Å². The summed E-state index contributed by atoms with van der Waals surface area (Å²) in [5.74, 6) is -1.15. The van der Waals surface area contributed by atoms with E-state index in [-0.39, 0.29) is 12.6 Å². The molecule has 0 amide bonds. The molecule has 0 unspecified atom stereocenters. The molecule has 0 atom stereocenters. The van der Waals surface area contributed by atoms with Crippen molar-refractivity contribution >= 4 is 15.7 Å². The molecule has 116 valence electrons. The Bertz CT molecular complexity index is 646. The van der Waals surface area contributed by atoms with Gasteiger partial charge in [-0.05, 0) is 18.6 Å². The number of para-hydroxylation sites is 1. The average molecular weight is 317 g/mol. The van der Waals surface area contributed by atoms with Gasteiger partial charge in [0.05, 0.1) is 11.0 Å². The Hall–Kier alpha value is -1.58. The number of sulfonamides is 1. The van der Waals surface area contributed by atoms with Crippen molar-refractivity contribution in [3.8, 4) is 0 Å². The Morgan fingerprint density at radius 2 is 2.14 bits per heavy atom. The Balaban J connectivity index is 2.52. The lowest BCUT2D eigenvalue weighted by molar-refractivity contribution is -0.390. The molecular weight excluding hydrogens is 301 g/mol. The fraction of sp³-hybridized carbons (Fsp3) is 0.500. The van der Waals surface area contributed by atoms with E-state index in [9.17, 15) is 22.9 Å². The van der Waals surface area contributed by atoms with E-state index in [0.29, 0.717) is 19.5 Å². The molecule has 1 aromatic carbocycles. The molecule has 0 saturated carbocycles. The van der Waals surface area contributed by atoms with Crippen molar-refractivity contribution < 1.29 is 17.7 Å². The third-order valence-corrected chi connectivity index (χ3v) is 5.31. The average Bonchev–Trinajstić information content (AvgIpc) is 2.35. The van der Waals surface area contributed by atoms with Gasteiger partial charge >= 0.3 is 5.69 Å². The summed E-state index contributed by atoms with van der Waals surface area (Å²) >= 11 is 0. The lowest BCUT2D eigenvalue weighted by Gasteiger charge is -2.36. The van der Waals surface area contributed by atoms with Crippen LogP contribution in [-0.4, -0.2) is 43.3 Å². The van der Waals surface area contributed by atoms with Crippen LogP contribution in [-0.2, 0) is 10.0 Å². The predicted molar refractivity (Wildman–Crippen MR) is 73.9 cm³/mol. The molecule has 0 aliphatic carbocycles. The van der Waals surface area contributed by atoms with Crippen LogP contribution in [0.3, 0.4) is 0 Å². The van der Waals surface area contributed by atoms with Crippen LogP contribution in [0.4, 0.5) is 10.1 Å². The Morgan fingerprint density at radius 1 is 1.48 bits per heavy atom. The molecule has 0 radical (unpaired) electrons. The molecule has 0 bridgehead atoms. The normalized spacial score (nSPS) is 16.0. The Morgan fingerprint density at radius 3 is 2.62 bits per heavy atom. The summed E-state index contributed by atoms with van der Waals surface area (Å²) in [5.41, 5.74) is -0.995. The number of halogens is 1. The zero-order valence-corrected chi connectivity index (χ0v) is 12.3. The highest BCUT2D eigenvalue weighted by molar-refractivity contribution is 7.89. The van der Waals surface area contributed by atoms with Gasteiger partial charge in [-0.2, -0.15) is 8.70 Å². The number of hydrogen-bond acceptors (Lipinski definition) is 5. The van der Waals surface area contributed by atoms with Gasteiger partial charge in [0.15, 0.2) is 4.90 Å². The first kappa shape index (κ1) is 15.8. The maximum atomic E-state index is 13.6. The Kier molecular flexibility index (Phi) is 4.55. The van der Waals surface area contributed by atoms with Crippen LogP contribution in [0, 0.1) is 15.9 Å². The molecule has 1 N–H and O–H groups in total. The van der Waals surface area contributed by atoms with Crippen LogP contribution in [0.2, 0.25) is 0 Å². The number of nitrogens with one attached hydrogen (secondary N) is 1. The van der Waals surface area contributed by atoms with E-state index in [1.54, 1.807) is 0 Å². The summed E-state index contributed by atoms with van der Waals surface area (Å²) in [6, 6.07) is 2.87. The standard InChI is InChI=1S/C12H16FN3O4S/c1-2-6-15(9-7-14-8-9)21(19,20)11-5-3-4-10(13)12(11)16(17)18/h3-5,9,14H,2,6-8H2,1H3. The molecule has 9 heteroatoms. The van der Waals surface area contributed by atoms with Crippen LogP contribution < -0.4 is 5.32 Å². The van der Waals surface area contributed by atoms with E-state index < -0.39 is 31.3 Å². The van der Waals surface area contributed by atoms with Crippen LogP contribution in [0.15, 0.2) is 23.1 Å². The minimum Gasteiger partial charge on any atom is -0.313 e. The molecule has 1 aliphatic rings. The van der Waals surface area contributed by atoms with Gasteiger partial charge in [-0.25, -0.2) is 8.42 Å². The SMILES string of the molecule is CCCN(C1CNC1)S(=O)(=O)c1cccc(F)c1[N+](=O)[O-]. The molecule has 2 rings (SSSR count). The molecule has 1 aliphatic heterocycles. The van der Waals surface area contributed by atoms with Gasteiger partial charge in [-0.3, -0.25) is 10.1 Å². The second-order valence-corrected chi connectivity index (χ2v) is 6.63. The Labute approximate surface area is 122 Å². The number of nitro groups is 1. The molecule has 7 nitrogen and oxygen atoms in total. The first-order valence-corrected chi connectivity index (χ1v) is 7.99. The van der Waals surface area contributed by atoms with Gasteiger partial charge in [-0.15, -0.1) is 0 Å². The van der Waals surface area contributed by atoms with E-state index in [2.05, 4.69) is 5.32 Å². The number of nitro benzene ring substituents is 1.